The van der Waals surface area contributed by atoms with Crippen LogP contribution in [-0.2, 0) is 11.6 Å². The number of pyridine rings is 1. The molecule has 0 bridgehead atoms. The average Bonchev–Trinajstić information content (AvgIpc) is 3.73. The van der Waals surface area contributed by atoms with E-state index in [1.54, 1.807) is 24.4 Å². The van der Waals surface area contributed by atoms with Crippen molar-refractivity contribution in [1.82, 2.24) is 9.55 Å². The van der Waals surface area contributed by atoms with Gasteiger partial charge in [0.1, 0.15) is 24.0 Å². The van der Waals surface area contributed by atoms with Gasteiger partial charge in [0.15, 0.2) is 0 Å². The topological polar surface area (TPSA) is 33.5 Å². The van der Waals surface area contributed by atoms with Crippen molar-refractivity contribution in [1.29, 1.82) is 0 Å². The van der Waals surface area contributed by atoms with Gasteiger partial charge in [0, 0.05) is 40.5 Å². The van der Waals surface area contributed by atoms with Crippen LogP contribution in [-0.4, -0.2) is 16.2 Å². The molecule has 8 aromatic rings. The minimum atomic E-state index is -4.52. The van der Waals surface area contributed by atoms with E-state index in [9.17, 15) is 13.2 Å². The molecule has 0 spiro atoms. The molecule has 0 amide bonds. The highest BCUT2D eigenvalue weighted by Crippen LogP contribution is 2.47. The lowest BCUT2D eigenvalue weighted by Gasteiger charge is -2.23. The molecule has 9 rings (SSSR count). The second-order valence-electron chi connectivity index (χ2n) is 15.8. The van der Waals surface area contributed by atoms with Gasteiger partial charge in [-0.3, -0.25) is 4.57 Å². The van der Waals surface area contributed by atoms with Crippen LogP contribution in [0.5, 0.6) is 11.5 Å². The Hall–Kier alpha value is -6.54. The van der Waals surface area contributed by atoms with Crippen LogP contribution in [0.25, 0.3) is 38.8 Å². The molecule has 3 heterocycles. The fourth-order valence-electron chi connectivity index (χ4n) is 8.17. The fraction of sp³-hybridized carbons (Fsp3) is 0.163. The lowest BCUT2D eigenvalue weighted by atomic mass is 9.88. The molecule has 6 aromatic carbocycles. The summed E-state index contributed by atoms with van der Waals surface area (Å²) < 4.78 is 51.9. The molecule has 57 heavy (non-hydrogen) atoms. The Balaban J connectivity index is 1.15. The number of nitrogens with zero attached hydrogens (tertiary/aromatic N) is 4. The van der Waals surface area contributed by atoms with Crippen molar-refractivity contribution in [3.05, 3.63) is 168 Å². The van der Waals surface area contributed by atoms with Gasteiger partial charge >= 0.3 is 6.18 Å². The summed E-state index contributed by atoms with van der Waals surface area (Å²) in [6, 6.07) is 44.3. The SMILES string of the molecule is Cc1cc(C)cc(N2CN(c3cccc(Oc4ccc5c6c(-c7ccccc7C(F)(F)F)cccc6n(-c6cc(C(C)(C)C)ccn6)c5c4)c3)c3ccccc32)c1. The van der Waals surface area contributed by atoms with Crippen molar-refractivity contribution < 1.29 is 17.9 Å². The largest absolute Gasteiger partial charge is 0.457 e. The van der Waals surface area contributed by atoms with Gasteiger partial charge in [-0.25, -0.2) is 4.98 Å². The van der Waals surface area contributed by atoms with Crippen LogP contribution in [0.3, 0.4) is 0 Å². The molecular formula is C49H41F3N4O. The van der Waals surface area contributed by atoms with Crippen molar-refractivity contribution in [3.63, 3.8) is 0 Å². The quantitative estimate of drug-likeness (QED) is 0.169. The predicted molar refractivity (Wildman–Crippen MR) is 226 cm³/mol. The summed E-state index contributed by atoms with van der Waals surface area (Å²) in [6.07, 6.45) is -2.73. The zero-order valence-electron chi connectivity index (χ0n) is 32.4. The highest BCUT2D eigenvalue weighted by molar-refractivity contribution is 6.16. The van der Waals surface area contributed by atoms with Gasteiger partial charge in [-0.2, -0.15) is 13.2 Å². The van der Waals surface area contributed by atoms with Gasteiger partial charge in [-0.15, -0.1) is 0 Å². The second kappa shape index (κ2) is 13.6. The van der Waals surface area contributed by atoms with E-state index in [4.69, 9.17) is 9.72 Å². The standard InChI is InChI=1S/C49H41F3N4O/c1-31-24-32(2)26-35(25-31)55-30-54(42-17-8-9-18-43(42)55)34-12-10-13-36(28-34)57-37-20-21-40-45(29-37)56(46-27-33(22-23-53-46)48(3,4)5)44-19-11-15-39(47(40)44)38-14-6-7-16-41(38)49(50,51)52/h6-29H,30H2,1-5H3. The molecule has 0 aliphatic carbocycles. The molecule has 0 N–H and O–H groups in total. The molecule has 0 radical (unpaired) electrons. The van der Waals surface area contributed by atoms with Crippen LogP contribution < -0.4 is 14.5 Å². The molecule has 0 saturated heterocycles. The van der Waals surface area contributed by atoms with E-state index < -0.39 is 11.7 Å². The minimum absolute atomic E-state index is 0.128. The first-order valence-electron chi connectivity index (χ1n) is 19.0. The first-order chi connectivity index (χ1) is 27.3. The number of hydrogen-bond acceptors (Lipinski definition) is 4. The number of rotatable bonds is 6. The van der Waals surface area contributed by atoms with E-state index in [1.807, 2.05) is 59.2 Å². The number of ether oxygens (including phenoxy) is 1. The van der Waals surface area contributed by atoms with Crippen LogP contribution in [0.2, 0.25) is 0 Å². The van der Waals surface area contributed by atoms with E-state index in [2.05, 4.69) is 99.0 Å². The summed E-state index contributed by atoms with van der Waals surface area (Å²) in [7, 11) is 0. The summed E-state index contributed by atoms with van der Waals surface area (Å²) >= 11 is 0. The number of halogens is 3. The summed E-state index contributed by atoms with van der Waals surface area (Å²) in [5, 5.41) is 1.50. The molecule has 0 fully saturated rings. The molecular weight excluding hydrogens is 718 g/mol. The molecule has 284 valence electrons. The smallest absolute Gasteiger partial charge is 0.417 e. The number of aryl methyl sites for hydroxylation is 2. The molecule has 0 unspecified atom stereocenters. The molecule has 1 aliphatic heterocycles. The number of para-hydroxylation sites is 2. The van der Waals surface area contributed by atoms with E-state index in [0.29, 0.717) is 34.9 Å². The number of benzene rings is 6. The molecule has 0 saturated carbocycles. The normalized spacial score (nSPS) is 13.1. The number of alkyl halides is 3. The predicted octanol–water partition coefficient (Wildman–Crippen LogP) is 13.8. The Morgan fingerprint density at radius 2 is 1.26 bits per heavy atom. The average molecular weight is 759 g/mol. The Morgan fingerprint density at radius 3 is 2.00 bits per heavy atom. The van der Waals surface area contributed by atoms with Crippen molar-refractivity contribution in [2.75, 3.05) is 16.5 Å². The van der Waals surface area contributed by atoms with Gasteiger partial charge in [-0.1, -0.05) is 75.4 Å². The third kappa shape index (κ3) is 6.55. The third-order valence-electron chi connectivity index (χ3n) is 10.8. The van der Waals surface area contributed by atoms with Crippen molar-refractivity contribution in [3.8, 4) is 28.4 Å². The Morgan fingerprint density at radius 1 is 0.596 bits per heavy atom. The van der Waals surface area contributed by atoms with Crippen molar-refractivity contribution >= 4 is 44.6 Å². The Bertz CT molecular complexity index is 2810. The maximum Gasteiger partial charge on any atom is 0.417 e. The van der Waals surface area contributed by atoms with Crippen LogP contribution in [0, 0.1) is 13.8 Å². The van der Waals surface area contributed by atoms with Crippen LogP contribution in [0.15, 0.2) is 146 Å². The van der Waals surface area contributed by atoms with Gasteiger partial charge in [0.2, 0.25) is 0 Å². The molecule has 8 heteroatoms. The van der Waals surface area contributed by atoms with Gasteiger partial charge in [-0.05, 0) is 120 Å². The van der Waals surface area contributed by atoms with Crippen molar-refractivity contribution in [2.45, 2.75) is 46.2 Å². The third-order valence-corrected chi connectivity index (χ3v) is 10.8. The zero-order valence-corrected chi connectivity index (χ0v) is 32.4. The highest BCUT2D eigenvalue weighted by atomic mass is 19.4. The van der Waals surface area contributed by atoms with Gasteiger partial charge in [0.05, 0.1) is 28.0 Å². The first-order valence-corrected chi connectivity index (χ1v) is 19.0. The van der Waals surface area contributed by atoms with E-state index in [1.165, 1.54) is 17.2 Å². The van der Waals surface area contributed by atoms with Crippen LogP contribution in [0.4, 0.5) is 35.9 Å². The highest BCUT2D eigenvalue weighted by Gasteiger charge is 2.34. The monoisotopic (exact) mass is 758 g/mol. The van der Waals surface area contributed by atoms with Gasteiger partial charge < -0.3 is 14.5 Å². The number of hydrogen-bond donors (Lipinski definition) is 0. The second-order valence-corrected chi connectivity index (χ2v) is 15.8. The number of fused-ring (bicyclic) bond motifs is 4. The molecule has 0 atom stereocenters. The maximum atomic E-state index is 14.4. The van der Waals surface area contributed by atoms with Crippen LogP contribution >= 0.6 is 0 Å². The van der Waals surface area contributed by atoms with E-state index in [0.717, 1.165) is 50.8 Å². The minimum Gasteiger partial charge on any atom is -0.457 e. The summed E-state index contributed by atoms with van der Waals surface area (Å²) in [4.78, 5) is 9.43. The van der Waals surface area contributed by atoms with E-state index >= 15 is 0 Å². The number of aromatic nitrogens is 2. The lowest BCUT2D eigenvalue weighted by molar-refractivity contribution is -0.137. The van der Waals surface area contributed by atoms with E-state index in [-0.39, 0.29) is 11.0 Å². The summed E-state index contributed by atoms with van der Waals surface area (Å²) in [5.74, 6) is 1.92. The summed E-state index contributed by atoms with van der Waals surface area (Å²) in [6.45, 7) is 11.3. The fourth-order valence-corrected chi connectivity index (χ4v) is 8.17. The number of anilines is 4. The maximum absolute atomic E-state index is 14.4. The molecule has 2 aromatic heterocycles. The van der Waals surface area contributed by atoms with Crippen LogP contribution in [0.1, 0.15) is 43.0 Å². The van der Waals surface area contributed by atoms with Crippen molar-refractivity contribution in [2.24, 2.45) is 0 Å². The first kappa shape index (κ1) is 36.1. The molecule has 5 nitrogen and oxygen atoms in total. The Kier molecular flexibility index (Phi) is 8.61. The Labute approximate surface area is 330 Å². The zero-order chi connectivity index (χ0) is 39.6. The molecule has 1 aliphatic rings. The summed E-state index contributed by atoms with van der Waals surface area (Å²) in [5.41, 5.74) is 9.20. The lowest BCUT2D eigenvalue weighted by Crippen LogP contribution is -2.24. The van der Waals surface area contributed by atoms with Gasteiger partial charge in [0.25, 0.3) is 0 Å².